The molecule has 1 aromatic carbocycles. The van der Waals surface area contributed by atoms with Crippen LogP contribution in [-0.4, -0.2) is 10.5 Å². The van der Waals surface area contributed by atoms with E-state index in [4.69, 9.17) is 5.73 Å². The van der Waals surface area contributed by atoms with Gasteiger partial charge in [0, 0.05) is 22.4 Å². The van der Waals surface area contributed by atoms with E-state index in [0.717, 1.165) is 23.7 Å². The Bertz CT molecular complexity index is 527. The molecule has 1 unspecified atom stereocenters. The molecule has 2 rings (SSSR count). The van der Waals surface area contributed by atoms with Crippen LogP contribution in [0, 0.1) is 0 Å². The maximum atomic E-state index is 6.57. The lowest BCUT2D eigenvalue weighted by molar-refractivity contribution is 0.404. The zero-order valence-electron chi connectivity index (χ0n) is 11.1. The number of halogens is 1. The minimum absolute atomic E-state index is 0.218. The molecule has 1 atom stereocenters. The number of rotatable bonds is 5. The van der Waals surface area contributed by atoms with Crippen molar-refractivity contribution in [1.29, 1.82) is 0 Å². The Morgan fingerprint density at radius 1 is 1.11 bits per heavy atom. The maximum Gasteiger partial charge on any atom is 0.0410 e. The first-order valence-corrected chi connectivity index (χ1v) is 7.33. The van der Waals surface area contributed by atoms with Crippen molar-refractivity contribution in [1.82, 2.24) is 4.98 Å². The molecule has 0 amide bonds. The molecule has 0 bridgehead atoms. The predicted molar refractivity (Wildman–Crippen MR) is 83.0 cm³/mol. The molecule has 19 heavy (non-hydrogen) atoms. The third-order valence-corrected chi connectivity index (χ3v) is 3.85. The summed E-state index contributed by atoms with van der Waals surface area (Å²) in [5.74, 6) is 0. The summed E-state index contributed by atoms with van der Waals surface area (Å²) in [6, 6.07) is 12.5. The topological polar surface area (TPSA) is 38.9 Å². The van der Waals surface area contributed by atoms with Crippen LogP contribution in [0.1, 0.15) is 24.5 Å². The van der Waals surface area contributed by atoms with Crippen molar-refractivity contribution in [2.24, 2.45) is 5.73 Å². The average molecular weight is 319 g/mol. The van der Waals surface area contributed by atoms with Gasteiger partial charge in [0.15, 0.2) is 0 Å². The SMILES string of the molecule is CCC(N)(Cc1ccccc1)Cc1cncc(Br)c1. The van der Waals surface area contributed by atoms with Crippen molar-refractivity contribution in [3.63, 3.8) is 0 Å². The molecule has 1 aromatic heterocycles. The van der Waals surface area contributed by atoms with E-state index in [2.05, 4.69) is 58.2 Å². The van der Waals surface area contributed by atoms with Crippen LogP contribution in [0.4, 0.5) is 0 Å². The Morgan fingerprint density at radius 2 is 1.79 bits per heavy atom. The van der Waals surface area contributed by atoms with Crippen LogP contribution in [0.5, 0.6) is 0 Å². The maximum absolute atomic E-state index is 6.57. The number of nitrogens with zero attached hydrogens (tertiary/aromatic N) is 1. The molecule has 2 N–H and O–H groups in total. The molecule has 0 aliphatic rings. The summed E-state index contributed by atoms with van der Waals surface area (Å²) in [4.78, 5) is 4.21. The van der Waals surface area contributed by atoms with Crippen molar-refractivity contribution >= 4 is 15.9 Å². The van der Waals surface area contributed by atoms with Crippen LogP contribution in [0.2, 0.25) is 0 Å². The molecule has 0 aliphatic heterocycles. The highest BCUT2D eigenvalue weighted by Gasteiger charge is 2.23. The first kappa shape index (κ1) is 14.2. The number of nitrogens with two attached hydrogens (primary N) is 1. The Labute approximate surface area is 123 Å². The third kappa shape index (κ3) is 4.15. The van der Waals surface area contributed by atoms with Gasteiger partial charge < -0.3 is 5.73 Å². The lowest BCUT2D eigenvalue weighted by atomic mass is 9.84. The summed E-state index contributed by atoms with van der Waals surface area (Å²) < 4.78 is 1.00. The van der Waals surface area contributed by atoms with Crippen molar-refractivity contribution < 1.29 is 0 Å². The van der Waals surface area contributed by atoms with Crippen LogP contribution >= 0.6 is 15.9 Å². The van der Waals surface area contributed by atoms with Gasteiger partial charge >= 0.3 is 0 Å². The first-order chi connectivity index (χ1) is 9.11. The lowest BCUT2D eigenvalue weighted by Crippen LogP contribution is -2.43. The molecular weight excluding hydrogens is 300 g/mol. The highest BCUT2D eigenvalue weighted by molar-refractivity contribution is 9.10. The summed E-state index contributed by atoms with van der Waals surface area (Å²) in [5, 5.41) is 0. The average Bonchev–Trinajstić information content (AvgIpc) is 2.40. The van der Waals surface area contributed by atoms with E-state index < -0.39 is 0 Å². The zero-order chi connectivity index (χ0) is 13.7. The fourth-order valence-electron chi connectivity index (χ4n) is 2.27. The second kappa shape index (κ2) is 6.31. The van der Waals surface area contributed by atoms with E-state index >= 15 is 0 Å². The van der Waals surface area contributed by atoms with Gasteiger partial charge in [-0.1, -0.05) is 37.3 Å². The van der Waals surface area contributed by atoms with Crippen LogP contribution in [0.15, 0.2) is 53.3 Å². The van der Waals surface area contributed by atoms with Gasteiger partial charge in [0.2, 0.25) is 0 Å². The number of hydrogen-bond acceptors (Lipinski definition) is 2. The number of benzene rings is 1. The summed E-state index contributed by atoms with van der Waals surface area (Å²) in [6.45, 7) is 2.15. The van der Waals surface area contributed by atoms with E-state index in [1.54, 1.807) is 6.20 Å². The van der Waals surface area contributed by atoms with Gasteiger partial charge in [-0.05, 0) is 52.4 Å². The number of hydrogen-bond donors (Lipinski definition) is 1. The van der Waals surface area contributed by atoms with Crippen molar-refractivity contribution in [3.05, 3.63) is 64.4 Å². The summed E-state index contributed by atoms with van der Waals surface area (Å²) in [5.41, 5.74) is 8.81. The van der Waals surface area contributed by atoms with Gasteiger partial charge in [-0.15, -0.1) is 0 Å². The molecule has 0 spiro atoms. The van der Waals surface area contributed by atoms with Gasteiger partial charge in [0.1, 0.15) is 0 Å². The summed E-state index contributed by atoms with van der Waals surface area (Å²) >= 11 is 3.46. The molecule has 0 saturated heterocycles. The second-order valence-electron chi connectivity index (χ2n) is 5.07. The Kier molecular flexibility index (Phi) is 4.72. The van der Waals surface area contributed by atoms with Gasteiger partial charge in [0.25, 0.3) is 0 Å². The van der Waals surface area contributed by atoms with Crippen molar-refractivity contribution in [2.75, 3.05) is 0 Å². The first-order valence-electron chi connectivity index (χ1n) is 6.53. The predicted octanol–water partition coefficient (Wildman–Crippen LogP) is 3.74. The zero-order valence-corrected chi connectivity index (χ0v) is 12.7. The lowest BCUT2D eigenvalue weighted by Gasteiger charge is -2.28. The largest absolute Gasteiger partial charge is 0.325 e. The highest BCUT2D eigenvalue weighted by atomic mass is 79.9. The van der Waals surface area contributed by atoms with Crippen LogP contribution in [-0.2, 0) is 12.8 Å². The molecule has 0 aliphatic carbocycles. The molecule has 2 nitrogen and oxygen atoms in total. The van der Waals surface area contributed by atoms with E-state index in [0.29, 0.717) is 0 Å². The fourth-order valence-corrected chi connectivity index (χ4v) is 2.69. The van der Waals surface area contributed by atoms with Gasteiger partial charge in [-0.25, -0.2) is 0 Å². The molecule has 3 heteroatoms. The van der Waals surface area contributed by atoms with Gasteiger partial charge in [0.05, 0.1) is 0 Å². The minimum Gasteiger partial charge on any atom is -0.325 e. The van der Waals surface area contributed by atoms with E-state index in [1.807, 2.05) is 12.3 Å². The molecule has 2 aromatic rings. The molecule has 100 valence electrons. The van der Waals surface area contributed by atoms with Gasteiger partial charge in [-0.2, -0.15) is 0 Å². The Hall–Kier alpha value is -1.19. The molecule has 1 heterocycles. The summed E-state index contributed by atoms with van der Waals surface area (Å²) in [7, 11) is 0. The quantitative estimate of drug-likeness (QED) is 0.912. The fraction of sp³-hybridized carbons (Fsp3) is 0.312. The van der Waals surface area contributed by atoms with E-state index in [-0.39, 0.29) is 5.54 Å². The Balaban J connectivity index is 2.14. The highest BCUT2D eigenvalue weighted by Crippen LogP contribution is 2.21. The van der Waals surface area contributed by atoms with Gasteiger partial charge in [-0.3, -0.25) is 4.98 Å². The van der Waals surface area contributed by atoms with E-state index in [1.165, 1.54) is 11.1 Å². The molecule has 0 saturated carbocycles. The number of pyridine rings is 1. The van der Waals surface area contributed by atoms with Crippen molar-refractivity contribution in [3.8, 4) is 0 Å². The van der Waals surface area contributed by atoms with Crippen molar-refractivity contribution in [2.45, 2.75) is 31.7 Å². The second-order valence-corrected chi connectivity index (χ2v) is 5.98. The standard InChI is InChI=1S/C16H19BrN2/c1-2-16(18,9-13-6-4-3-5-7-13)10-14-8-15(17)12-19-11-14/h3-8,11-12H,2,9-10,18H2,1H3. The monoisotopic (exact) mass is 318 g/mol. The summed E-state index contributed by atoms with van der Waals surface area (Å²) in [6.07, 6.45) is 6.36. The minimum atomic E-state index is -0.218. The Morgan fingerprint density at radius 3 is 2.42 bits per heavy atom. The third-order valence-electron chi connectivity index (χ3n) is 3.42. The normalized spacial score (nSPS) is 14.1. The van der Waals surface area contributed by atoms with Crippen LogP contribution < -0.4 is 5.73 Å². The number of aromatic nitrogens is 1. The van der Waals surface area contributed by atoms with E-state index in [9.17, 15) is 0 Å². The molecule has 0 radical (unpaired) electrons. The molecular formula is C16H19BrN2. The van der Waals surface area contributed by atoms with Crippen LogP contribution in [0.3, 0.4) is 0 Å². The molecule has 0 fully saturated rings. The van der Waals surface area contributed by atoms with Crippen LogP contribution in [0.25, 0.3) is 0 Å². The smallest absolute Gasteiger partial charge is 0.0410 e.